The fourth-order valence-corrected chi connectivity index (χ4v) is 1.82. The Labute approximate surface area is 142 Å². The van der Waals surface area contributed by atoms with Crippen molar-refractivity contribution in [1.82, 2.24) is 10.7 Å². The van der Waals surface area contributed by atoms with Crippen molar-refractivity contribution < 1.29 is 19.6 Å². The fraction of sp³-hybridized carbons (Fsp3) is 0.0625. The highest BCUT2D eigenvalue weighted by Gasteiger charge is 2.09. The molecule has 25 heavy (non-hydrogen) atoms. The van der Waals surface area contributed by atoms with Crippen LogP contribution in [0.3, 0.4) is 0 Å². The maximum Gasteiger partial charge on any atom is 0.270 e. The van der Waals surface area contributed by atoms with Crippen LogP contribution in [0.4, 0.5) is 5.69 Å². The molecule has 9 heteroatoms. The molecule has 128 valence electrons. The lowest BCUT2D eigenvalue weighted by atomic mass is 10.2. The van der Waals surface area contributed by atoms with Gasteiger partial charge in [0.25, 0.3) is 17.5 Å². The first-order valence-corrected chi connectivity index (χ1v) is 7.10. The molecule has 0 spiro atoms. The highest BCUT2D eigenvalue weighted by atomic mass is 16.6. The van der Waals surface area contributed by atoms with E-state index >= 15 is 0 Å². The lowest BCUT2D eigenvalue weighted by Crippen LogP contribution is -2.34. The molecule has 0 bridgehead atoms. The average molecular weight is 342 g/mol. The Morgan fingerprint density at radius 1 is 1.20 bits per heavy atom. The second-order valence-corrected chi connectivity index (χ2v) is 4.84. The van der Waals surface area contributed by atoms with Crippen LogP contribution in [-0.4, -0.2) is 34.6 Å². The molecular formula is C16H14N4O5. The van der Waals surface area contributed by atoms with Crippen molar-refractivity contribution in [2.75, 3.05) is 6.54 Å². The van der Waals surface area contributed by atoms with Crippen molar-refractivity contribution in [2.45, 2.75) is 0 Å². The van der Waals surface area contributed by atoms with Gasteiger partial charge in [-0.15, -0.1) is 0 Å². The summed E-state index contributed by atoms with van der Waals surface area (Å²) in [7, 11) is 0. The Hall–Kier alpha value is -3.75. The largest absolute Gasteiger partial charge is 0.507 e. The summed E-state index contributed by atoms with van der Waals surface area (Å²) in [5.74, 6) is -1.22. The molecule has 0 saturated heterocycles. The molecule has 0 aliphatic rings. The van der Waals surface area contributed by atoms with Crippen LogP contribution in [-0.2, 0) is 4.79 Å². The molecular weight excluding hydrogens is 328 g/mol. The molecule has 0 heterocycles. The van der Waals surface area contributed by atoms with Crippen LogP contribution in [0.1, 0.15) is 15.9 Å². The van der Waals surface area contributed by atoms with Crippen molar-refractivity contribution in [1.29, 1.82) is 0 Å². The van der Waals surface area contributed by atoms with E-state index in [2.05, 4.69) is 15.8 Å². The van der Waals surface area contributed by atoms with E-state index in [0.29, 0.717) is 5.56 Å². The molecule has 2 aromatic rings. The van der Waals surface area contributed by atoms with E-state index in [9.17, 15) is 24.8 Å². The standard InChI is InChI=1S/C16H14N4O5/c21-14-7-6-13(20(24)25)8-12(14)9-18-19-15(22)10-17-16(23)11-4-2-1-3-5-11/h1-9,21H,10H2,(H,17,23)(H,19,22). The van der Waals surface area contributed by atoms with Crippen molar-refractivity contribution in [3.05, 3.63) is 69.8 Å². The molecule has 3 N–H and O–H groups in total. The molecule has 2 aromatic carbocycles. The summed E-state index contributed by atoms with van der Waals surface area (Å²) in [6, 6.07) is 11.8. The zero-order chi connectivity index (χ0) is 18.2. The van der Waals surface area contributed by atoms with Gasteiger partial charge in [-0.1, -0.05) is 18.2 Å². The quantitative estimate of drug-likeness (QED) is 0.412. The summed E-state index contributed by atoms with van der Waals surface area (Å²) in [6.45, 7) is -0.300. The Morgan fingerprint density at radius 2 is 1.92 bits per heavy atom. The zero-order valence-corrected chi connectivity index (χ0v) is 12.9. The summed E-state index contributed by atoms with van der Waals surface area (Å²) >= 11 is 0. The van der Waals surface area contributed by atoms with E-state index in [-0.39, 0.29) is 23.5 Å². The first-order valence-electron chi connectivity index (χ1n) is 7.10. The monoisotopic (exact) mass is 342 g/mol. The van der Waals surface area contributed by atoms with E-state index in [1.54, 1.807) is 30.3 Å². The molecule has 0 atom stereocenters. The molecule has 0 radical (unpaired) electrons. The van der Waals surface area contributed by atoms with E-state index in [4.69, 9.17) is 0 Å². The maximum atomic E-state index is 11.8. The summed E-state index contributed by atoms with van der Waals surface area (Å²) < 4.78 is 0. The van der Waals surface area contributed by atoms with E-state index in [1.165, 1.54) is 0 Å². The summed E-state index contributed by atoms with van der Waals surface area (Å²) in [4.78, 5) is 33.4. The Kier molecular flexibility index (Phi) is 5.77. The first-order chi connectivity index (χ1) is 12.0. The number of nitrogens with zero attached hydrogens (tertiary/aromatic N) is 2. The second-order valence-electron chi connectivity index (χ2n) is 4.84. The molecule has 0 aliphatic carbocycles. The zero-order valence-electron chi connectivity index (χ0n) is 12.9. The lowest BCUT2D eigenvalue weighted by molar-refractivity contribution is -0.384. The molecule has 0 saturated carbocycles. The van der Waals surface area contributed by atoms with Gasteiger partial charge in [-0.25, -0.2) is 5.43 Å². The predicted octanol–water partition coefficient (Wildman–Crippen LogP) is 1.18. The van der Waals surface area contributed by atoms with Crippen molar-refractivity contribution >= 4 is 23.7 Å². The number of non-ortho nitro benzene ring substituents is 1. The van der Waals surface area contributed by atoms with Crippen LogP contribution in [0.25, 0.3) is 0 Å². The topological polar surface area (TPSA) is 134 Å². The van der Waals surface area contributed by atoms with Gasteiger partial charge in [0.1, 0.15) is 5.75 Å². The lowest BCUT2D eigenvalue weighted by Gasteiger charge is -2.04. The number of amides is 2. The van der Waals surface area contributed by atoms with Crippen molar-refractivity contribution in [3.63, 3.8) is 0 Å². The number of hydrogen-bond acceptors (Lipinski definition) is 6. The van der Waals surface area contributed by atoms with Gasteiger partial charge in [-0.2, -0.15) is 5.10 Å². The van der Waals surface area contributed by atoms with Crippen LogP contribution in [0.5, 0.6) is 5.75 Å². The molecule has 2 amide bonds. The third-order valence-corrected chi connectivity index (χ3v) is 3.06. The van der Waals surface area contributed by atoms with Gasteiger partial charge in [0.15, 0.2) is 0 Å². The number of hydrogen-bond donors (Lipinski definition) is 3. The van der Waals surface area contributed by atoms with Gasteiger partial charge in [-0.3, -0.25) is 19.7 Å². The average Bonchev–Trinajstić information content (AvgIpc) is 2.61. The minimum atomic E-state index is -0.617. The molecule has 9 nitrogen and oxygen atoms in total. The molecule has 0 aliphatic heterocycles. The number of hydrazone groups is 1. The number of nitro benzene ring substituents is 1. The normalized spacial score (nSPS) is 10.4. The van der Waals surface area contributed by atoms with Crippen molar-refractivity contribution in [2.24, 2.45) is 5.10 Å². The predicted molar refractivity (Wildman–Crippen MR) is 89.3 cm³/mol. The van der Waals surface area contributed by atoms with Crippen LogP contribution in [0.15, 0.2) is 53.6 Å². The van der Waals surface area contributed by atoms with E-state index in [1.807, 2.05) is 0 Å². The Balaban J connectivity index is 1.87. The minimum Gasteiger partial charge on any atom is -0.507 e. The third kappa shape index (κ3) is 5.13. The first kappa shape index (κ1) is 17.6. The molecule has 0 fully saturated rings. The number of carbonyl (C=O) groups excluding carboxylic acids is 2. The maximum absolute atomic E-state index is 11.8. The van der Waals surface area contributed by atoms with Crippen LogP contribution in [0.2, 0.25) is 0 Å². The highest BCUT2D eigenvalue weighted by molar-refractivity contribution is 5.96. The van der Waals surface area contributed by atoms with Crippen molar-refractivity contribution in [3.8, 4) is 5.75 Å². The van der Waals surface area contributed by atoms with Crippen LogP contribution < -0.4 is 10.7 Å². The van der Waals surface area contributed by atoms with Crippen LogP contribution >= 0.6 is 0 Å². The smallest absolute Gasteiger partial charge is 0.270 e. The van der Waals surface area contributed by atoms with Gasteiger partial charge in [0, 0.05) is 23.3 Å². The number of carbonyl (C=O) groups is 2. The number of nitrogens with one attached hydrogen (secondary N) is 2. The summed E-state index contributed by atoms with van der Waals surface area (Å²) in [5.41, 5.74) is 2.42. The number of phenolic OH excluding ortho intramolecular Hbond substituents is 1. The van der Waals surface area contributed by atoms with E-state index < -0.39 is 16.7 Å². The summed E-state index contributed by atoms with van der Waals surface area (Å²) in [5, 5.41) is 26.3. The van der Waals surface area contributed by atoms with Gasteiger partial charge in [0.2, 0.25) is 0 Å². The molecule has 0 aromatic heterocycles. The number of aromatic hydroxyl groups is 1. The Bertz CT molecular complexity index is 821. The Morgan fingerprint density at radius 3 is 2.60 bits per heavy atom. The van der Waals surface area contributed by atoms with Gasteiger partial charge < -0.3 is 10.4 Å². The highest BCUT2D eigenvalue weighted by Crippen LogP contribution is 2.21. The number of benzene rings is 2. The van der Waals surface area contributed by atoms with Gasteiger partial charge in [0.05, 0.1) is 17.7 Å². The SMILES string of the molecule is O=C(CNC(=O)c1ccccc1)NN=Cc1cc([N+](=O)[O-])ccc1O. The second kappa shape index (κ2) is 8.20. The molecule has 2 rings (SSSR count). The fourth-order valence-electron chi connectivity index (χ4n) is 1.82. The number of rotatable bonds is 6. The van der Waals surface area contributed by atoms with Gasteiger partial charge in [-0.05, 0) is 18.2 Å². The third-order valence-electron chi connectivity index (χ3n) is 3.06. The molecule has 0 unspecified atom stereocenters. The van der Waals surface area contributed by atoms with E-state index in [0.717, 1.165) is 24.4 Å². The summed E-state index contributed by atoms with van der Waals surface area (Å²) in [6.07, 6.45) is 1.07. The van der Waals surface area contributed by atoms with Crippen LogP contribution in [0, 0.1) is 10.1 Å². The number of nitro groups is 1. The number of phenols is 1. The minimum absolute atomic E-state index is 0.0721. The van der Waals surface area contributed by atoms with Gasteiger partial charge >= 0.3 is 0 Å².